The summed E-state index contributed by atoms with van der Waals surface area (Å²) >= 11 is 0. The van der Waals surface area contributed by atoms with Gasteiger partial charge < -0.3 is 24.2 Å². The molecule has 3 aliphatic heterocycles. The van der Waals surface area contributed by atoms with Crippen LogP contribution in [-0.2, 0) is 11.2 Å². The normalized spacial score (nSPS) is 19.9. The Morgan fingerprint density at radius 3 is 2.25 bits per heavy atom. The number of nitro benzene ring substituents is 1. The molecule has 1 fully saturated rings. The average molecular weight is 543 g/mol. The predicted molar refractivity (Wildman–Crippen MR) is 148 cm³/mol. The minimum atomic E-state index is -0.558. The van der Waals surface area contributed by atoms with Crippen molar-refractivity contribution in [3.63, 3.8) is 0 Å². The molecule has 6 rings (SSSR count). The molecule has 2 atom stereocenters. The summed E-state index contributed by atoms with van der Waals surface area (Å²) in [6.45, 7) is 2.74. The third-order valence-corrected chi connectivity index (χ3v) is 8.31. The number of methoxy groups -OCH3 is 2. The van der Waals surface area contributed by atoms with Gasteiger partial charge in [0.2, 0.25) is 5.91 Å². The molecule has 0 spiro atoms. The molecule has 1 saturated heterocycles. The van der Waals surface area contributed by atoms with E-state index in [1.54, 1.807) is 26.4 Å². The van der Waals surface area contributed by atoms with Gasteiger partial charge in [-0.3, -0.25) is 19.7 Å². The number of anilines is 1. The van der Waals surface area contributed by atoms with E-state index in [2.05, 4.69) is 4.90 Å². The van der Waals surface area contributed by atoms with Crippen LogP contribution < -0.4 is 14.4 Å². The topological polar surface area (TPSA) is 105 Å². The summed E-state index contributed by atoms with van der Waals surface area (Å²) in [5.74, 6) is 0.561. The van der Waals surface area contributed by atoms with Gasteiger partial charge in [-0.25, -0.2) is 0 Å². The summed E-state index contributed by atoms with van der Waals surface area (Å²) in [5, 5.41) is 11.0. The van der Waals surface area contributed by atoms with Gasteiger partial charge in [0.1, 0.15) is 0 Å². The molecule has 0 radical (unpaired) electrons. The lowest BCUT2D eigenvalue weighted by atomic mass is 9.75. The zero-order chi connectivity index (χ0) is 28.0. The maximum atomic E-state index is 14.4. The third kappa shape index (κ3) is 4.20. The number of carbonyl (C=O) groups excluding carboxylic acids is 2. The van der Waals surface area contributed by atoms with E-state index in [1.165, 1.54) is 12.1 Å². The number of carbonyl (C=O) groups is 2. The monoisotopic (exact) mass is 542 g/mol. The van der Waals surface area contributed by atoms with Crippen molar-refractivity contribution in [3.8, 4) is 11.5 Å². The number of nitro groups is 1. The number of hydrogen-bond acceptors (Lipinski definition) is 7. The number of benzene rings is 3. The van der Waals surface area contributed by atoms with Crippen LogP contribution in [0.5, 0.6) is 11.5 Å². The largest absolute Gasteiger partial charge is 0.493 e. The lowest BCUT2D eigenvalue weighted by Gasteiger charge is -2.47. The Labute approximate surface area is 231 Å². The van der Waals surface area contributed by atoms with Crippen LogP contribution >= 0.6 is 0 Å². The Balaban J connectivity index is 1.32. The zero-order valence-electron chi connectivity index (χ0n) is 22.4. The molecule has 40 heavy (non-hydrogen) atoms. The fourth-order valence-corrected chi connectivity index (χ4v) is 6.29. The Hall–Kier alpha value is -4.60. The van der Waals surface area contributed by atoms with Gasteiger partial charge in [0.05, 0.1) is 31.1 Å². The van der Waals surface area contributed by atoms with Gasteiger partial charge in [-0.2, -0.15) is 0 Å². The molecule has 0 bridgehead atoms. The van der Waals surface area contributed by atoms with E-state index < -0.39 is 16.9 Å². The highest BCUT2D eigenvalue weighted by Gasteiger charge is 2.48. The number of ether oxygens (including phenoxy) is 2. The van der Waals surface area contributed by atoms with Gasteiger partial charge in [-0.05, 0) is 53.4 Å². The molecule has 0 aromatic heterocycles. The maximum Gasteiger partial charge on any atom is 0.269 e. The van der Waals surface area contributed by atoms with Crippen LogP contribution in [-0.4, -0.2) is 73.5 Å². The summed E-state index contributed by atoms with van der Waals surface area (Å²) < 4.78 is 11.1. The second-order valence-corrected chi connectivity index (χ2v) is 10.3. The molecule has 0 saturated carbocycles. The average Bonchev–Trinajstić information content (AvgIpc) is 3.00. The summed E-state index contributed by atoms with van der Waals surface area (Å²) in [6, 6.07) is 17.3. The highest BCUT2D eigenvalue weighted by Crippen LogP contribution is 2.49. The summed E-state index contributed by atoms with van der Waals surface area (Å²) in [6.07, 6.45) is 0.662. The quantitative estimate of drug-likeness (QED) is 0.357. The van der Waals surface area contributed by atoms with Crippen molar-refractivity contribution >= 4 is 23.2 Å². The molecule has 0 aliphatic carbocycles. The van der Waals surface area contributed by atoms with Crippen LogP contribution in [0, 0.1) is 10.1 Å². The van der Waals surface area contributed by atoms with E-state index in [1.807, 2.05) is 46.2 Å². The van der Waals surface area contributed by atoms with Gasteiger partial charge in [0.15, 0.2) is 11.5 Å². The van der Waals surface area contributed by atoms with Crippen molar-refractivity contribution in [1.82, 2.24) is 9.80 Å². The van der Waals surface area contributed by atoms with Crippen molar-refractivity contribution in [2.24, 2.45) is 0 Å². The number of hydrogen-bond donors (Lipinski definition) is 0. The third-order valence-electron chi connectivity index (χ3n) is 8.31. The lowest BCUT2D eigenvalue weighted by molar-refractivity contribution is -0.384. The minimum Gasteiger partial charge on any atom is -0.493 e. The molecule has 10 heteroatoms. The van der Waals surface area contributed by atoms with Crippen LogP contribution in [0.1, 0.15) is 39.0 Å². The van der Waals surface area contributed by atoms with Crippen LogP contribution in [0.4, 0.5) is 11.4 Å². The molecule has 3 heterocycles. The molecule has 2 amide bonds. The number of rotatable bonds is 5. The Kier molecular flexibility index (Phi) is 6.53. The van der Waals surface area contributed by atoms with E-state index in [4.69, 9.17) is 9.47 Å². The van der Waals surface area contributed by atoms with Gasteiger partial charge in [-0.15, -0.1) is 0 Å². The first kappa shape index (κ1) is 25.7. The van der Waals surface area contributed by atoms with Gasteiger partial charge in [0.25, 0.3) is 11.6 Å². The highest BCUT2D eigenvalue weighted by molar-refractivity contribution is 6.01. The lowest BCUT2D eigenvalue weighted by Crippen LogP contribution is -2.54. The van der Waals surface area contributed by atoms with Gasteiger partial charge >= 0.3 is 0 Å². The summed E-state index contributed by atoms with van der Waals surface area (Å²) in [4.78, 5) is 44.5. The van der Waals surface area contributed by atoms with Crippen LogP contribution in [0.2, 0.25) is 0 Å². The number of fused-ring (bicyclic) bond motifs is 4. The molecule has 206 valence electrons. The standard InChI is InChI=1S/C30H30N4O6/c1-39-25-17-19-11-12-33-28(24(19)18-26(25)40-2)27(22-5-3-4-6-23(22)29(33)35)30(36)32-15-13-31(14-16-32)20-7-9-21(10-8-20)34(37)38/h3-10,17-18,27-28H,11-16H2,1-2H3. The summed E-state index contributed by atoms with van der Waals surface area (Å²) in [5.41, 5.74) is 4.22. The summed E-state index contributed by atoms with van der Waals surface area (Å²) in [7, 11) is 3.18. The first-order valence-corrected chi connectivity index (χ1v) is 13.3. The molecule has 3 aromatic carbocycles. The Bertz CT molecular complexity index is 1480. The fourth-order valence-electron chi connectivity index (χ4n) is 6.29. The van der Waals surface area contributed by atoms with E-state index in [-0.39, 0.29) is 17.5 Å². The van der Waals surface area contributed by atoms with Crippen LogP contribution in [0.25, 0.3) is 0 Å². The number of piperazine rings is 1. The van der Waals surface area contributed by atoms with E-state index >= 15 is 0 Å². The molecule has 3 aromatic rings. The molecule has 10 nitrogen and oxygen atoms in total. The van der Waals surface area contributed by atoms with Crippen molar-refractivity contribution in [2.45, 2.75) is 18.4 Å². The van der Waals surface area contributed by atoms with Crippen molar-refractivity contribution < 1.29 is 24.0 Å². The van der Waals surface area contributed by atoms with Crippen molar-refractivity contribution in [3.05, 3.63) is 93.0 Å². The van der Waals surface area contributed by atoms with Crippen LogP contribution in [0.15, 0.2) is 60.7 Å². The molecule has 0 N–H and O–H groups in total. The molecule has 2 unspecified atom stereocenters. The highest BCUT2D eigenvalue weighted by atomic mass is 16.6. The zero-order valence-corrected chi connectivity index (χ0v) is 22.4. The van der Waals surface area contributed by atoms with Gasteiger partial charge in [0, 0.05) is 56.1 Å². The maximum absolute atomic E-state index is 14.4. The van der Waals surface area contributed by atoms with Crippen molar-refractivity contribution in [1.29, 1.82) is 0 Å². The number of amides is 2. The van der Waals surface area contributed by atoms with E-state index in [0.29, 0.717) is 56.2 Å². The first-order valence-electron chi connectivity index (χ1n) is 13.3. The second kappa shape index (κ2) is 10.2. The first-order chi connectivity index (χ1) is 19.4. The molecular weight excluding hydrogens is 512 g/mol. The second-order valence-electron chi connectivity index (χ2n) is 10.3. The van der Waals surface area contributed by atoms with Crippen molar-refractivity contribution in [2.75, 3.05) is 51.8 Å². The predicted octanol–water partition coefficient (Wildman–Crippen LogP) is 3.80. The van der Waals surface area contributed by atoms with Crippen LogP contribution in [0.3, 0.4) is 0 Å². The Morgan fingerprint density at radius 2 is 1.57 bits per heavy atom. The SMILES string of the molecule is COc1cc2c(cc1OC)C1C(C(=O)N3CCN(c4ccc([N+](=O)[O-])cc4)CC3)c3ccccc3C(=O)N1CC2. The van der Waals surface area contributed by atoms with Gasteiger partial charge in [-0.1, -0.05) is 18.2 Å². The molecule has 3 aliphatic rings. The number of non-ortho nitro benzene ring substituents is 1. The Morgan fingerprint density at radius 1 is 0.900 bits per heavy atom. The van der Waals surface area contributed by atoms with E-state index in [9.17, 15) is 19.7 Å². The smallest absolute Gasteiger partial charge is 0.269 e. The fraction of sp³-hybridized carbons (Fsp3) is 0.333. The van der Waals surface area contributed by atoms with E-state index in [0.717, 1.165) is 22.4 Å². The minimum absolute atomic E-state index is 0.0130. The molecular formula is C30H30N4O6. The number of nitrogens with zero attached hydrogens (tertiary/aromatic N) is 4.